The standard InChI is InChI=1S/C16H14ClF2NO3S/c1-11(10-24(21,22)16-5-3-2-4-13(16)17)20-23-9-12-6-7-14(18)15(19)8-12/h2-8H,9-10H2,1H3/b20-11+. The number of sulfone groups is 1. The first-order valence-electron chi connectivity index (χ1n) is 6.86. The summed E-state index contributed by atoms with van der Waals surface area (Å²) < 4.78 is 50.4. The van der Waals surface area contributed by atoms with Gasteiger partial charge in [0.25, 0.3) is 0 Å². The highest BCUT2D eigenvalue weighted by atomic mass is 35.5. The maximum absolute atomic E-state index is 13.1. The molecule has 0 heterocycles. The highest BCUT2D eigenvalue weighted by Gasteiger charge is 2.19. The van der Waals surface area contributed by atoms with Gasteiger partial charge >= 0.3 is 0 Å². The topological polar surface area (TPSA) is 55.7 Å². The zero-order valence-electron chi connectivity index (χ0n) is 12.7. The Morgan fingerprint density at radius 1 is 1.17 bits per heavy atom. The number of hydrogen-bond acceptors (Lipinski definition) is 4. The fourth-order valence-corrected chi connectivity index (χ4v) is 3.82. The zero-order chi connectivity index (χ0) is 17.7. The summed E-state index contributed by atoms with van der Waals surface area (Å²) in [5, 5.41) is 3.82. The van der Waals surface area contributed by atoms with E-state index in [-0.39, 0.29) is 28.0 Å². The van der Waals surface area contributed by atoms with E-state index in [1.807, 2.05) is 0 Å². The predicted octanol–water partition coefficient (Wildman–Crippen LogP) is 3.98. The molecule has 24 heavy (non-hydrogen) atoms. The number of halogens is 3. The van der Waals surface area contributed by atoms with Crippen LogP contribution in [-0.4, -0.2) is 19.9 Å². The molecule has 0 saturated heterocycles. The Labute approximate surface area is 143 Å². The number of oxime groups is 1. The lowest BCUT2D eigenvalue weighted by atomic mass is 10.2. The van der Waals surface area contributed by atoms with Crippen molar-refractivity contribution in [1.82, 2.24) is 0 Å². The highest BCUT2D eigenvalue weighted by Crippen LogP contribution is 2.21. The van der Waals surface area contributed by atoms with Crippen LogP contribution in [0, 0.1) is 11.6 Å². The molecule has 0 spiro atoms. The summed E-state index contributed by atoms with van der Waals surface area (Å²) in [6.07, 6.45) is 0. The molecule has 0 aliphatic heterocycles. The van der Waals surface area contributed by atoms with E-state index < -0.39 is 21.5 Å². The molecule has 2 aromatic carbocycles. The van der Waals surface area contributed by atoms with Crippen molar-refractivity contribution >= 4 is 27.1 Å². The van der Waals surface area contributed by atoms with Crippen molar-refractivity contribution in [2.24, 2.45) is 5.16 Å². The van der Waals surface area contributed by atoms with E-state index in [2.05, 4.69) is 5.16 Å². The van der Waals surface area contributed by atoms with Crippen LogP contribution in [0.3, 0.4) is 0 Å². The molecule has 0 amide bonds. The quantitative estimate of drug-likeness (QED) is 0.568. The normalized spacial score (nSPS) is 12.2. The molecule has 0 bridgehead atoms. The Kier molecular flexibility index (Phi) is 5.90. The monoisotopic (exact) mass is 373 g/mol. The summed E-state index contributed by atoms with van der Waals surface area (Å²) in [6, 6.07) is 9.42. The van der Waals surface area contributed by atoms with Crippen molar-refractivity contribution in [1.29, 1.82) is 0 Å². The Hall–Kier alpha value is -1.99. The lowest BCUT2D eigenvalue weighted by Crippen LogP contribution is -2.14. The molecule has 0 atom stereocenters. The van der Waals surface area contributed by atoms with Gasteiger partial charge in [0.1, 0.15) is 6.61 Å². The average molecular weight is 374 g/mol. The molecule has 0 fully saturated rings. The van der Waals surface area contributed by atoms with Gasteiger partial charge in [0, 0.05) is 0 Å². The second-order valence-electron chi connectivity index (χ2n) is 5.04. The Balaban J connectivity index is 2.01. The van der Waals surface area contributed by atoms with Gasteiger partial charge in [-0.25, -0.2) is 17.2 Å². The molecule has 8 heteroatoms. The third-order valence-electron chi connectivity index (χ3n) is 3.01. The van der Waals surface area contributed by atoms with Crippen LogP contribution in [0.5, 0.6) is 0 Å². The first-order chi connectivity index (χ1) is 11.3. The van der Waals surface area contributed by atoms with Gasteiger partial charge < -0.3 is 4.84 Å². The van der Waals surface area contributed by atoms with Gasteiger partial charge in [-0.05, 0) is 36.8 Å². The molecule has 0 radical (unpaired) electrons. The molecule has 2 rings (SSSR count). The minimum Gasteiger partial charge on any atom is -0.391 e. The van der Waals surface area contributed by atoms with Crippen LogP contribution in [0.15, 0.2) is 52.5 Å². The van der Waals surface area contributed by atoms with E-state index >= 15 is 0 Å². The molecule has 0 unspecified atom stereocenters. The molecule has 128 valence electrons. The van der Waals surface area contributed by atoms with E-state index in [0.717, 1.165) is 12.1 Å². The molecule has 4 nitrogen and oxygen atoms in total. The first kappa shape index (κ1) is 18.4. The lowest BCUT2D eigenvalue weighted by Gasteiger charge is -2.06. The summed E-state index contributed by atoms with van der Waals surface area (Å²) in [7, 11) is -3.65. The van der Waals surface area contributed by atoms with Crippen LogP contribution >= 0.6 is 11.6 Å². The fourth-order valence-electron chi connectivity index (χ4n) is 1.92. The van der Waals surface area contributed by atoms with Crippen LogP contribution < -0.4 is 0 Å². The van der Waals surface area contributed by atoms with Crippen molar-refractivity contribution in [2.75, 3.05) is 5.75 Å². The summed E-state index contributed by atoms with van der Waals surface area (Å²) >= 11 is 5.89. The molecule has 0 saturated carbocycles. The highest BCUT2D eigenvalue weighted by molar-refractivity contribution is 7.92. The molecule has 0 aromatic heterocycles. The molecule has 0 aliphatic rings. The van der Waals surface area contributed by atoms with E-state index in [1.54, 1.807) is 12.1 Å². The Bertz CT molecular complexity index is 869. The van der Waals surface area contributed by atoms with Crippen LogP contribution in [0.4, 0.5) is 8.78 Å². The third kappa shape index (κ3) is 4.75. The number of rotatable bonds is 6. The van der Waals surface area contributed by atoms with Crippen molar-refractivity contribution in [2.45, 2.75) is 18.4 Å². The second kappa shape index (κ2) is 7.72. The van der Waals surface area contributed by atoms with E-state index in [4.69, 9.17) is 16.4 Å². The predicted molar refractivity (Wildman–Crippen MR) is 87.8 cm³/mol. The van der Waals surface area contributed by atoms with Gasteiger partial charge in [-0.3, -0.25) is 0 Å². The van der Waals surface area contributed by atoms with Gasteiger partial charge in [0.15, 0.2) is 21.5 Å². The Morgan fingerprint density at radius 2 is 1.88 bits per heavy atom. The molecular formula is C16H14ClF2NO3S. The number of hydrogen-bond donors (Lipinski definition) is 0. The Morgan fingerprint density at radius 3 is 2.54 bits per heavy atom. The summed E-state index contributed by atoms with van der Waals surface area (Å²) in [5.74, 6) is -2.31. The van der Waals surface area contributed by atoms with E-state index in [1.165, 1.54) is 25.1 Å². The summed E-state index contributed by atoms with van der Waals surface area (Å²) in [4.78, 5) is 5.01. The molecule has 0 aliphatic carbocycles. The summed E-state index contributed by atoms with van der Waals surface area (Å²) in [5.41, 5.74) is 0.580. The third-order valence-corrected chi connectivity index (χ3v) is 5.27. The van der Waals surface area contributed by atoms with E-state index in [0.29, 0.717) is 5.56 Å². The second-order valence-corrected chi connectivity index (χ2v) is 7.40. The maximum atomic E-state index is 13.1. The van der Waals surface area contributed by atoms with Crippen LogP contribution in [0.1, 0.15) is 12.5 Å². The average Bonchev–Trinajstić information content (AvgIpc) is 2.50. The van der Waals surface area contributed by atoms with Crippen molar-refractivity contribution < 1.29 is 22.0 Å². The SMILES string of the molecule is C/C(CS(=O)(=O)c1ccccc1Cl)=N\OCc1ccc(F)c(F)c1. The smallest absolute Gasteiger partial charge is 0.185 e. The lowest BCUT2D eigenvalue weighted by molar-refractivity contribution is 0.130. The minimum atomic E-state index is -3.65. The van der Waals surface area contributed by atoms with Gasteiger partial charge in [-0.2, -0.15) is 0 Å². The van der Waals surface area contributed by atoms with Gasteiger partial charge in [0.05, 0.1) is 21.4 Å². The van der Waals surface area contributed by atoms with Gasteiger partial charge in [-0.15, -0.1) is 0 Å². The zero-order valence-corrected chi connectivity index (χ0v) is 14.2. The number of benzene rings is 2. The van der Waals surface area contributed by atoms with Crippen LogP contribution in [-0.2, 0) is 21.3 Å². The van der Waals surface area contributed by atoms with E-state index in [9.17, 15) is 17.2 Å². The largest absolute Gasteiger partial charge is 0.391 e. The fraction of sp³-hybridized carbons (Fsp3) is 0.188. The maximum Gasteiger partial charge on any atom is 0.185 e. The van der Waals surface area contributed by atoms with Crippen LogP contribution in [0.2, 0.25) is 5.02 Å². The first-order valence-corrected chi connectivity index (χ1v) is 8.89. The van der Waals surface area contributed by atoms with Crippen LogP contribution in [0.25, 0.3) is 0 Å². The van der Waals surface area contributed by atoms with Crippen molar-refractivity contribution in [3.8, 4) is 0 Å². The molecular weight excluding hydrogens is 360 g/mol. The molecule has 0 N–H and O–H groups in total. The molecule has 2 aromatic rings. The van der Waals surface area contributed by atoms with Crippen molar-refractivity contribution in [3.63, 3.8) is 0 Å². The summed E-state index contributed by atoms with van der Waals surface area (Å²) in [6.45, 7) is 1.38. The number of nitrogens with zero attached hydrogens (tertiary/aromatic N) is 1. The van der Waals surface area contributed by atoms with Crippen molar-refractivity contribution in [3.05, 3.63) is 64.7 Å². The minimum absolute atomic E-state index is 0.0156. The van der Waals surface area contributed by atoms with Gasteiger partial charge in [0.2, 0.25) is 0 Å². The van der Waals surface area contributed by atoms with Gasteiger partial charge in [-0.1, -0.05) is 35.0 Å².